The molecule has 19 heavy (non-hydrogen) atoms. The Kier molecular flexibility index (Phi) is 2.80. The predicted octanol–water partition coefficient (Wildman–Crippen LogP) is 3.31. The number of hydrogen-bond acceptors (Lipinski definition) is 2. The summed E-state index contributed by atoms with van der Waals surface area (Å²) in [5.41, 5.74) is 2.63. The second kappa shape index (κ2) is 4.61. The summed E-state index contributed by atoms with van der Waals surface area (Å²) in [4.78, 5) is 11.9. The Morgan fingerprint density at radius 3 is 2.37 bits per heavy atom. The molecule has 2 aromatic heterocycles. The van der Waals surface area contributed by atoms with E-state index in [0.29, 0.717) is 5.76 Å². The highest BCUT2D eigenvalue weighted by Gasteiger charge is 2.10. The number of pyridine rings is 1. The third-order valence-electron chi connectivity index (χ3n) is 3.12. The fraction of sp³-hybridized carbons (Fsp3) is 0.0625. The maximum Gasteiger partial charge on any atom is 0.182 e. The molecule has 3 nitrogen and oxygen atoms in total. The lowest BCUT2D eigenvalue weighted by molar-refractivity contribution is 0.576. The normalized spacial score (nSPS) is 10.6. The first-order chi connectivity index (χ1) is 9.25. The van der Waals surface area contributed by atoms with Crippen molar-refractivity contribution in [3.05, 3.63) is 71.1 Å². The number of hydrogen-bond donors (Lipinski definition) is 0. The molecule has 0 unspecified atom stereocenters. The van der Waals surface area contributed by atoms with Crippen molar-refractivity contribution in [1.29, 1.82) is 0 Å². The highest BCUT2D eigenvalue weighted by atomic mass is 16.3. The first kappa shape index (κ1) is 11.5. The van der Waals surface area contributed by atoms with Crippen LogP contribution in [0, 0.1) is 0 Å². The number of rotatable bonds is 2. The molecule has 0 spiro atoms. The lowest BCUT2D eigenvalue weighted by Crippen LogP contribution is -2.08. The van der Waals surface area contributed by atoms with Crippen LogP contribution >= 0.6 is 0 Å². The molecule has 0 saturated heterocycles. The van der Waals surface area contributed by atoms with Gasteiger partial charge in [-0.05, 0) is 17.7 Å². The van der Waals surface area contributed by atoms with Crippen molar-refractivity contribution < 1.29 is 4.42 Å². The summed E-state index contributed by atoms with van der Waals surface area (Å²) in [6.45, 7) is 0. The van der Waals surface area contributed by atoms with Crippen LogP contribution in [0.5, 0.6) is 0 Å². The van der Waals surface area contributed by atoms with E-state index in [0.717, 1.165) is 17.0 Å². The molecule has 94 valence electrons. The Hall–Kier alpha value is -2.55. The van der Waals surface area contributed by atoms with Gasteiger partial charge in [0.1, 0.15) is 5.76 Å². The summed E-state index contributed by atoms with van der Waals surface area (Å²) in [6.07, 6.45) is 1.61. The SMILES string of the molecule is Cn1c(-c2ccccc2)cc(=O)cc1-c1ccco1. The average molecular weight is 251 g/mol. The standard InChI is InChI=1S/C16H13NO2/c1-17-14(12-6-3-2-4-7-12)10-13(18)11-15(17)16-8-5-9-19-16/h2-11H,1H3. The van der Waals surface area contributed by atoms with Crippen molar-refractivity contribution in [3.8, 4) is 22.7 Å². The molecule has 3 heteroatoms. The second-order valence-electron chi connectivity index (χ2n) is 4.36. The van der Waals surface area contributed by atoms with Gasteiger partial charge in [0.05, 0.1) is 17.7 Å². The zero-order valence-corrected chi connectivity index (χ0v) is 10.5. The quantitative estimate of drug-likeness (QED) is 0.700. The van der Waals surface area contributed by atoms with Crippen LogP contribution in [0.15, 0.2) is 70.1 Å². The van der Waals surface area contributed by atoms with Gasteiger partial charge in [-0.3, -0.25) is 4.79 Å². The van der Waals surface area contributed by atoms with Crippen molar-refractivity contribution in [2.45, 2.75) is 0 Å². The molecule has 2 heterocycles. The molecule has 0 aliphatic heterocycles. The highest BCUT2D eigenvalue weighted by molar-refractivity contribution is 5.64. The van der Waals surface area contributed by atoms with Gasteiger partial charge in [0.15, 0.2) is 5.43 Å². The van der Waals surface area contributed by atoms with Crippen LogP contribution in [-0.2, 0) is 7.05 Å². The summed E-state index contributed by atoms with van der Waals surface area (Å²) >= 11 is 0. The van der Waals surface area contributed by atoms with Gasteiger partial charge in [-0.2, -0.15) is 0 Å². The smallest absolute Gasteiger partial charge is 0.182 e. The largest absolute Gasteiger partial charge is 0.463 e. The van der Waals surface area contributed by atoms with Crippen LogP contribution in [0.25, 0.3) is 22.7 Å². The molecule has 0 fully saturated rings. The van der Waals surface area contributed by atoms with Gasteiger partial charge in [0.25, 0.3) is 0 Å². The van der Waals surface area contributed by atoms with Gasteiger partial charge in [-0.25, -0.2) is 0 Å². The molecule has 3 rings (SSSR count). The molecule has 0 aliphatic carbocycles. The molecule has 3 aromatic rings. The average Bonchev–Trinajstić information content (AvgIpc) is 2.96. The minimum Gasteiger partial charge on any atom is -0.463 e. The van der Waals surface area contributed by atoms with E-state index >= 15 is 0 Å². The van der Waals surface area contributed by atoms with Crippen LogP contribution in [-0.4, -0.2) is 4.57 Å². The molecular formula is C16H13NO2. The van der Waals surface area contributed by atoms with Gasteiger partial charge in [-0.1, -0.05) is 30.3 Å². The van der Waals surface area contributed by atoms with Crippen LogP contribution in [0.2, 0.25) is 0 Å². The van der Waals surface area contributed by atoms with E-state index in [2.05, 4.69) is 0 Å². The summed E-state index contributed by atoms with van der Waals surface area (Å²) < 4.78 is 7.35. The van der Waals surface area contributed by atoms with E-state index < -0.39 is 0 Å². The minimum absolute atomic E-state index is 0.0247. The van der Waals surface area contributed by atoms with E-state index in [1.165, 1.54) is 0 Å². The van der Waals surface area contributed by atoms with E-state index in [-0.39, 0.29) is 5.43 Å². The third-order valence-corrected chi connectivity index (χ3v) is 3.12. The molecular weight excluding hydrogens is 238 g/mol. The van der Waals surface area contributed by atoms with Gasteiger partial charge in [-0.15, -0.1) is 0 Å². The first-order valence-electron chi connectivity index (χ1n) is 6.06. The Bertz CT molecular complexity index is 740. The maximum atomic E-state index is 11.9. The molecule has 0 atom stereocenters. The Labute approximate surface area is 110 Å². The molecule has 0 saturated carbocycles. The third kappa shape index (κ3) is 2.10. The number of furan rings is 1. The lowest BCUT2D eigenvalue weighted by Gasteiger charge is -2.12. The van der Waals surface area contributed by atoms with Crippen molar-refractivity contribution in [3.63, 3.8) is 0 Å². The molecule has 0 aliphatic rings. The van der Waals surface area contributed by atoms with Crippen molar-refractivity contribution >= 4 is 0 Å². The maximum absolute atomic E-state index is 11.9. The fourth-order valence-corrected chi connectivity index (χ4v) is 2.18. The number of benzene rings is 1. The Morgan fingerprint density at radius 2 is 1.68 bits per heavy atom. The monoisotopic (exact) mass is 251 g/mol. The zero-order chi connectivity index (χ0) is 13.2. The molecule has 0 amide bonds. The summed E-state index contributed by atoms with van der Waals surface area (Å²) in [5, 5.41) is 0. The van der Waals surface area contributed by atoms with E-state index in [4.69, 9.17) is 4.42 Å². The van der Waals surface area contributed by atoms with Gasteiger partial charge in [0.2, 0.25) is 0 Å². The molecule has 0 radical (unpaired) electrons. The van der Waals surface area contributed by atoms with E-state index in [9.17, 15) is 4.79 Å². The van der Waals surface area contributed by atoms with Crippen LogP contribution in [0.1, 0.15) is 0 Å². The first-order valence-corrected chi connectivity index (χ1v) is 6.06. The van der Waals surface area contributed by atoms with Gasteiger partial charge in [0, 0.05) is 19.2 Å². The fourth-order valence-electron chi connectivity index (χ4n) is 2.18. The summed E-state index contributed by atoms with van der Waals surface area (Å²) in [6, 6.07) is 16.7. The number of nitrogens with zero attached hydrogens (tertiary/aromatic N) is 1. The van der Waals surface area contributed by atoms with E-state index in [1.54, 1.807) is 18.4 Å². The second-order valence-corrected chi connectivity index (χ2v) is 4.36. The van der Waals surface area contributed by atoms with E-state index in [1.807, 2.05) is 54.1 Å². The zero-order valence-electron chi connectivity index (χ0n) is 10.5. The van der Waals surface area contributed by atoms with Crippen LogP contribution in [0.3, 0.4) is 0 Å². The van der Waals surface area contributed by atoms with Gasteiger partial charge >= 0.3 is 0 Å². The lowest BCUT2D eigenvalue weighted by atomic mass is 10.1. The Balaban J connectivity index is 2.25. The number of aromatic nitrogens is 1. The van der Waals surface area contributed by atoms with Crippen molar-refractivity contribution in [2.75, 3.05) is 0 Å². The van der Waals surface area contributed by atoms with Crippen LogP contribution in [0.4, 0.5) is 0 Å². The van der Waals surface area contributed by atoms with Crippen molar-refractivity contribution in [2.24, 2.45) is 7.05 Å². The Morgan fingerprint density at radius 1 is 0.947 bits per heavy atom. The molecule has 0 bridgehead atoms. The summed E-state index contributed by atoms with van der Waals surface area (Å²) in [7, 11) is 1.93. The predicted molar refractivity (Wildman–Crippen MR) is 74.8 cm³/mol. The van der Waals surface area contributed by atoms with Crippen LogP contribution < -0.4 is 5.43 Å². The van der Waals surface area contributed by atoms with Crippen molar-refractivity contribution in [1.82, 2.24) is 4.57 Å². The minimum atomic E-state index is -0.0247. The molecule has 0 N–H and O–H groups in total. The summed E-state index contributed by atoms with van der Waals surface area (Å²) in [5.74, 6) is 0.692. The topological polar surface area (TPSA) is 35.1 Å². The molecule has 1 aromatic carbocycles. The van der Waals surface area contributed by atoms with Gasteiger partial charge < -0.3 is 8.98 Å². The highest BCUT2D eigenvalue weighted by Crippen LogP contribution is 2.24.